The summed E-state index contributed by atoms with van der Waals surface area (Å²) < 4.78 is 0. The van der Waals surface area contributed by atoms with Crippen molar-refractivity contribution in [2.45, 2.75) is 51.5 Å². The highest BCUT2D eigenvalue weighted by Gasteiger charge is 2.50. The number of carboxylic acids is 1. The summed E-state index contributed by atoms with van der Waals surface area (Å²) in [7, 11) is 0. The lowest BCUT2D eigenvalue weighted by molar-refractivity contribution is -0.144. The molecule has 0 heterocycles. The molecule has 0 aliphatic heterocycles. The van der Waals surface area contributed by atoms with Crippen LogP contribution >= 0.6 is 0 Å². The van der Waals surface area contributed by atoms with Gasteiger partial charge in [0.15, 0.2) is 0 Å². The third kappa shape index (κ3) is 2.24. The summed E-state index contributed by atoms with van der Waals surface area (Å²) in [6, 6.07) is 0.258. The van der Waals surface area contributed by atoms with Crippen LogP contribution in [0.1, 0.15) is 45.4 Å². The van der Waals surface area contributed by atoms with Gasteiger partial charge < -0.3 is 10.4 Å². The topological polar surface area (TPSA) is 49.3 Å². The molecule has 16 heavy (non-hydrogen) atoms. The number of hydrogen-bond donors (Lipinski definition) is 2. The van der Waals surface area contributed by atoms with Gasteiger partial charge in [0.25, 0.3) is 0 Å². The van der Waals surface area contributed by atoms with Crippen molar-refractivity contribution >= 4 is 5.97 Å². The van der Waals surface area contributed by atoms with E-state index in [1.807, 2.05) is 0 Å². The number of nitrogens with one attached hydrogen (secondary N) is 1. The normalized spacial score (nSPS) is 36.8. The van der Waals surface area contributed by atoms with Crippen LogP contribution < -0.4 is 5.32 Å². The molecule has 2 aliphatic rings. The maximum Gasteiger partial charge on any atom is 0.308 e. The van der Waals surface area contributed by atoms with Gasteiger partial charge in [-0.15, -0.1) is 0 Å². The molecule has 0 saturated heterocycles. The Hall–Kier alpha value is -0.570. The molecule has 0 aromatic rings. The average Bonchev–Trinajstić information content (AvgIpc) is 2.83. The minimum absolute atomic E-state index is 0.111. The Kier molecular flexibility index (Phi) is 3.85. The summed E-state index contributed by atoms with van der Waals surface area (Å²) in [6.45, 7) is 3.18. The van der Waals surface area contributed by atoms with Gasteiger partial charge in [-0.1, -0.05) is 19.8 Å². The average molecular weight is 225 g/mol. The van der Waals surface area contributed by atoms with E-state index in [1.54, 1.807) is 0 Å². The molecule has 0 radical (unpaired) electrons. The fraction of sp³-hybridized carbons (Fsp3) is 0.923. The Morgan fingerprint density at radius 2 is 2.06 bits per heavy atom. The lowest BCUT2D eigenvalue weighted by Crippen LogP contribution is -2.44. The van der Waals surface area contributed by atoms with E-state index in [1.165, 1.54) is 25.7 Å². The summed E-state index contributed by atoms with van der Waals surface area (Å²) in [4.78, 5) is 11.3. The summed E-state index contributed by atoms with van der Waals surface area (Å²) in [5, 5.41) is 12.8. The second-order valence-electron chi connectivity index (χ2n) is 5.38. The van der Waals surface area contributed by atoms with Crippen LogP contribution in [0.25, 0.3) is 0 Å². The van der Waals surface area contributed by atoms with Crippen LogP contribution in [0.15, 0.2) is 0 Å². The van der Waals surface area contributed by atoms with Crippen molar-refractivity contribution in [3.63, 3.8) is 0 Å². The highest BCUT2D eigenvalue weighted by atomic mass is 16.4. The molecule has 2 bridgehead atoms. The number of hydrogen-bond acceptors (Lipinski definition) is 2. The Morgan fingerprint density at radius 1 is 1.31 bits per heavy atom. The van der Waals surface area contributed by atoms with Gasteiger partial charge in [-0.05, 0) is 44.1 Å². The first-order valence-corrected chi connectivity index (χ1v) is 6.70. The van der Waals surface area contributed by atoms with Gasteiger partial charge >= 0.3 is 5.97 Å². The van der Waals surface area contributed by atoms with E-state index in [4.69, 9.17) is 0 Å². The second kappa shape index (κ2) is 5.17. The van der Waals surface area contributed by atoms with E-state index in [9.17, 15) is 9.90 Å². The third-order valence-corrected chi connectivity index (χ3v) is 4.36. The molecule has 3 nitrogen and oxygen atoms in total. The molecule has 2 fully saturated rings. The first-order chi connectivity index (χ1) is 7.74. The minimum atomic E-state index is -0.583. The fourth-order valence-corrected chi connectivity index (χ4v) is 3.58. The Labute approximate surface area is 97.6 Å². The summed E-state index contributed by atoms with van der Waals surface area (Å²) in [5.41, 5.74) is 0. The summed E-state index contributed by atoms with van der Waals surface area (Å²) in [5.74, 6) is 0.388. The molecule has 4 atom stereocenters. The lowest BCUT2D eigenvalue weighted by atomic mass is 9.84. The molecular formula is C13H23NO2. The largest absolute Gasteiger partial charge is 0.481 e. The van der Waals surface area contributed by atoms with E-state index >= 15 is 0 Å². The molecule has 2 saturated carbocycles. The first kappa shape index (κ1) is 11.9. The molecule has 92 valence electrons. The Balaban J connectivity index is 1.84. The second-order valence-corrected chi connectivity index (χ2v) is 5.38. The molecule has 0 aromatic carbocycles. The number of fused-ring (bicyclic) bond motifs is 2. The Bertz CT molecular complexity index is 254. The van der Waals surface area contributed by atoms with Crippen LogP contribution in [-0.4, -0.2) is 23.7 Å². The summed E-state index contributed by atoms with van der Waals surface area (Å²) >= 11 is 0. The SMILES string of the molecule is CCCCCNC1C2CCC(C2)C1C(=O)O. The van der Waals surface area contributed by atoms with E-state index in [-0.39, 0.29) is 12.0 Å². The minimum Gasteiger partial charge on any atom is -0.481 e. The predicted molar refractivity (Wildman–Crippen MR) is 63.3 cm³/mol. The maximum absolute atomic E-state index is 11.3. The highest BCUT2D eigenvalue weighted by Crippen LogP contribution is 2.48. The molecule has 0 aromatic heterocycles. The molecule has 2 N–H and O–H groups in total. The van der Waals surface area contributed by atoms with Gasteiger partial charge in [0.2, 0.25) is 0 Å². The zero-order chi connectivity index (χ0) is 11.5. The number of carboxylic acid groups (broad SMARTS) is 1. The van der Waals surface area contributed by atoms with Crippen molar-refractivity contribution in [1.82, 2.24) is 5.32 Å². The molecule has 2 aliphatic carbocycles. The van der Waals surface area contributed by atoms with E-state index < -0.39 is 5.97 Å². The van der Waals surface area contributed by atoms with Crippen molar-refractivity contribution in [1.29, 1.82) is 0 Å². The number of carbonyl (C=O) groups is 1. The van der Waals surface area contributed by atoms with Gasteiger partial charge in [-0.25, -0.2) is 0 Å². The van der Waals surface area contributed by atoms with Gasteiger partial charge in [0, 0.05) is 6.04 Å². The van der Waals surface area contributed by atoms with Gasteiger partial charge in [-0.3, -0.25) is 4.79 Å². The zero-order valence-corrected chi connectivity index (χ0v) is 10.1. The predicted octanol–water partition coefficient (Wildman–Crippen LogP) is 2.27. The smallest absolute Gasteiger partial charge is 0.308 e. The highest BCUT2D eigenvalue weighted by molar-refractivity contribution is 5.72. The van der Waals surface area contributed by atoms with Crippen molar-refractivity contribution < 1.29 is 9.90 Å². The molecular weight excluding hydrogens is 202 g/mol. The van der Waals surface area contributed by atoms with E-state index in [0.29, 0.717) is 11.8 Å². The van der Waals surface area contributed by atoms with Crippen LogP contribution in [0.5, 0.6) is 0 Å². The fourth-order valence-electron chi connectivity index (χ4n) is 3.58. The maximum atomic E-state index is 11.3. The van der Waals surface area contributed by atoms with Crippen molar-refractivity contribution in [2.75, 3.05) is 6.54 Å². The molecule has 0 amide bonds. The van der Waals surface area contributed by atoms with Gasteiger partial charge in [-0.2, -0.15) is 0 Å². The van der Waals surface area contributed by atoms with Crippen LogP contribution in [0, 0.1) is 17.8 Å². The standard InChI is InChI=1S/C13H23NO2/c1-2-3-4-7-14-12-10-6-5-9(8-10)11(12)13(15)16/h9-12,14H,2-8H2,1H3,(H,15,16). The quantitative estimate of drug-likeness (QED) is 0.682. The molecule has 3 heteroatoms. The van der Waals surface area contributed by atoms with Gasteiger partial charge in [0.1, 0.15) is 0 Å². The first-order valence-electron chi connectivity index (χ1n) is 6.70. The van der Waals surface area contributed by atoms with Crippen LogP contribution in [0.3, 0.4) is 0 Å². The van der Waals surface area contributed by atoms with Crippen LogP contribution in [0.2, 0.25) is 0 Å². The number of rotatable bonds is 6. The summed E-state index contributed by atoms with van der Waals surface area (Å²) in [6.07, 6.45) is 7.15. The monoisotopic (exact) mass is 225 g/mol. The third-order valence-electron chi connectivity index (χ3n) is 4.36. The zero-order valence-electron chi connectivity index (χ0n) is 10.1. The Morgan fingerprint density at radius 3 is 2.75 bits per heavy atom. The lowest BCUT2D eigenvalue weighted by Gasteiger charge is -2.29. The molecule has 4 unspecified atom stereocenters. The van der Waals surface area contributed by atoms with Crippen LogP contribution in [0.4, 0.5) is 0 Å². The number of unbranched alkanes of at least 4 members (excludes halogenated alkanes) is 2. The van der Waals surface area contributed by atoms with Crippen molar-refractivity contribution in [3.05, 3.63) is 0 Å². The van der Waals surface area contributed by atoms with Crippen molar-refractivity contribution in [3.8, 4) is 0 Å². The number of aliphatic carboxylic acids is 1. The van der Waals surface area contributed by atoms with Crippen molar-refractivity contribution in [2.24, 2.45) is 17.8 Å². The van der Waals surface area contributed by atoms with Crippen LogP contribution in [-0.2, 0) is 4.79 Å². The van der Waals surface area contributed by atoms with Gasteiger partial charge in [0.05, 0.1) is 5.92 Å². The molecule has 0 spiro atoms. The van der Waals surface area contributed by atoms with E-state index in [2.05, 4.69) is 12.2 Å². The molecule has 2 rings (SSSR count). The van der Waals surface area contributed by atoms with E-state index in [0.717, 1.165) is 19.4 Å².